The van der Waals surface area contributed by atoms with E-state index in [1.165, 1.54) is 0 Å². The zero-order valence-corrected chi connectivity index (χ0v) is 17.1. The fourth-order valence-corrected chi connectivity index (χ4v) is 2.82. The van der Waals surface area contributed by atoms with Crippen molar-refractivity contribution in [2.75, 3.05) is 13.7 Å². The van der Waals surface area contributed by atoms with Crippen LogP contribution >= 0.6 is 11.6 Å². The van der Waals surface area contributed by atoms with Crippen molar-refractivity contribution in [2.45, 2.75) is 26.4 Å². The largest absolute Gasteiger partial charge is 0.478 e. The van der Waals surface area contributed by atoms with E-state index in [-0.39, 0.29) is 24.7 Å². The summed E-state index contributed by atoms with van der Waals surface area (Å²) in [6.45, 7) is 3.10. The minimum atomic E-state index is -4.96. The predicted molar refractivity (Wildman–Crippen MR) is 102 cm³/mol. The number of hydrogen-bond acceptors (Lipinski definition) is 6. The summed E-state index contributed by atoms with van der Waals surface area (Å²) in [5, 5.41) is 12.6. The standard InChI is InChI=1S/C18H16ClF4N3O5/c1-8(2)25-31-5-4-9-14(19)10(16(28)29)6-11(15(9)20)26-13(27)7-12(18(21,22)23)24-17(26)30-3/h6-7H,4-5H2,1-3H3,(H,28,29). The molecule has 0 bridgehead atoms. The highest BCUT2D eigenvalue weighted by Gasteiger charge is 2.35. The van der Waals surface area contributed by atoms with E-state index in [4.69, 9.17) is 21.2 Å². The number of aromatic carboxylic acids is 1. The van der Waals surface area contributed by atoms with Gasteiger partial charge in [-0.05, 0) is 19.9 Å². The Kier molecular flexibility index (Phi) is 7.26. The van der Waals surface area contributed by atoms with Crippen molar-refractivity contribution >= 4 is 23.3 Å². The molecule has 1 aromatic carbocycles. The summed E-state index contributed by atoms with van der Waals surface area (Å²) in [7, 11) is 0.921. The van der Waals surface area contributed by atoms with E-state index >= 15 is 4.39 Å². The van der Waals surface area contributed by atoms with Crippen LogP contribution in [0.5, 0.6) is 6.01 Å². The van der Waals surface area contributed by atoms with Gasteiger partial charge in [0.1, 0.15) is 6.61 Å². The Morgan fingerprint density at radius 1 is 1.32 bits per heavy atom. The first kappa shape index (κ1) is 24.1. The minimum Gasteiger partial charge on any atom is -0.478 e. The molecule has 0 radical (unpaired) electrons. The number of methoxy groups -OCH3 is 1. The van der Waals surface area contributed by atoms with Crippen LogP contribution in [0.1, 0.15) is 35.5 Å². The second-order valence-corrected chi connectivity index (χ2v) is 6.65. The molecule has 2 aromatic rings. The van der Waals surface area contributed by atoms with Gasteiger partial charge in [0.05, 0.1) is 29.1 Å². The first-order chi connectivity index (χ1) is 14.4. The minimum absolute atomic E-state index is 0.137. The second-order valence-electron chi connectivity index (χ2n) is 6.28. The van der Waals surface area contributed by atoms with Gasteiger partial charge >= 0.3 is 18.2 Å². The Morgan fingerprint density at radius 2 is 1.97 bits per heavy atom. The van der Waals surface area contributed by atoms with Crippen LogP contribution in [0.2, 0.25) is 5.02 Å². The molecule has 0 saturated carbocycles. The molecule has 8 nitrogen and oxygen atoms in total. The van der Waals surface area contributed by atoms with Crippen LogP contribution in [0.4, 0.5) is 17.6 Å². The molecule has 0 aliphatic heterocycles. The number of benzene rings is 1. The molecule has 0 fully saturated rings. The Bertz CT molecular complexity index is 1100. The molecule has 0 spiro atoms. The van der Waals surface area contributed by atoms with Crippen molar-refractivity contribution in [3.8, 4) is 11.7 Å². The zero-order valence-electron chi connectivity index (χ0n) is 16.4. The average molecular weight is 466 g/mol. The predicted octanol–water partition coefficient (Wildman–Crippen LogP) is 3.71. The van der Waals surface area contributed by atoms with Crippen molar-refractivity contribution in [1.82, 2.24) is 9.55 Å². The van der Waals surface area contributed by atoms with Gasteiger partial charge < -0.3 is 14.7 Å². The van der Waals surface area contributed by atoms with Gasteiger partial charge in [-0.1, -0.05) is 16.8 Å². The molecule has 168 valence electrons. The summed E-state index contributed by atoms with van der Waals surface area (Å²) < 4.78 is 59.2. The van der Waals surface area contributed by atoms with E-state index < -0.39 is 51.5 Å². The number of halogens is 5. The average Bonchev–Trinajstić information content (AvgIpc) is 2.66. The zero-order chi connectivity index (χ0) is 23.5. The van der Waals surface area contributed by atoms with Crippen LogP contribution in [0, 0.1) is 5.82 Å². The van der Waals surface area contributed by atoms with Crippen molar-refractivity contribution in [3.05, 3.63) is 50.1 Å². The SMILES string of the molecule is COc1nc(C(F)(F)F)cc(=O)n1-c1cc(C(=O)O)c(Cl)c(CCON=C(C)C)c1F. The Balaban J connectivity index is 2.73. The third-order valence-electron chi connectivity index (χ3n) is 3.80. The van der Waals surface area contributed by atoms with Gasteiger partial charge in [-0.25, -0.2) is 13.8 Å². The lowest BCUT2D eigenvalue weighted by Crippen LogP contribution is -2.26. The molecule has 0 amide bonds. The van der Waals surface area contributed by atoms with E-state index in [9.17, 15) is 27.9 Å². The lowest BCUT2D eigenvalue weighted by molar-refractivity contribution is -0.141. The number of carboxylic acids is 1. The maximum absolute atomic E-state index is 15.2. The van der Waals surface area contributed by atoms with Crippen molar-refractivity contribution in [1.29, 1.82) is 0 Å². The molecular weight excluding hydrogens is 450 g/mol. The lowest BCUT2D eigenvalue weighted by atomic mass is 10.0. The quantitative estimate of drug-likeness (QED) is 0.289. The summed E-state index contributed by atoms with van der Waals surface area (Å²) in [4.78, 5) is 32.1. The van der Waals surface area contributed by atoms with Crippen LogP contribution in [0.3, 0.4) is 0 Å². The number of oxime groups is 1. The third-order valence-corrected chi connectivity index (χ3v) is 4.23. The van der Waals surface area contributed by atoms with Gasteiger partial charge in [0.2, 0.25) is 0 Å². The summed E-state index contributed by atoms with van der Waals surface area (Å²) in [5.41, 5.74) is -3.95. The fourth-order valence-electron chi connectivity index (χ4n) is 2.50. The van der Waals surface area contributed by atoms with Crippen molar-refractivity contribution in [3.63, 3.8) is 0 Å². The van der Waals surface area contributed by atoms with Crippen LogP contribution in [-0.4, -0.2) is 40.1 Å². The molecule has 1 aromatic heterocycles. The molecule has 13 heteroatoms. The molecule has 0 atom stereocenters. The lowest BCUT2D eigenvalue weighted by Gasteiger charge is -2.17. The van der Waals surface area contributed by atoms with Gasteiger partial charge in [-0.3, -0.25) is 4.79 Å². The number of ether oxygens (including phenoxy) is 1. The van der Waals surface area contributed by atoms with Gasteiger partial charge in [-0.2, -0.15) is 18.2 Å². The summed E-state index contributed by atoms with van der Waals surface area (Å²) in [6, 6.07) is -0.0541. The smallest absolute Gasteiger partial charge is 0.433 e. The molecule has 2 rings (SSSR count). The van der Waals surface area contributed by atoms with E-state index in [1.54, 1.807) is 13.8 Å². The molecule has 0 saturated heterocycles. The molecule has 0 aliphatic carbocycles. The number of rotatable bonds is 7. The molecule has 31 heavy (non-hydrogen) atoms. The maximum atomic E-state index is 15.2. The van der Waals surface area contributed by atoms with E-state index in [2.05, 4.69) is 10.1 Å². The topological polar surface area (TPSA) is 103 Å². The molecular formula is C18H16ClF4N3O5. The van der Waals surface area contributed by atoms with Gasteiger partial charge in [-0.15, -0.1) is 0 Å². The maximum Gasteiger partial charge on any atom is 0.433 e. The summed E-state index contributed by atoms with van der Waals surface area (Å²) in [5.74, 6) is -2.71. The monoisotopic (exact) mass is 465 g/mol. The van der Waals surface area contributed by atoms with Crippen molar-refractivity contribution in [2.24, 2.45) is 5.16 Å². The van der Waals surface area contributed by atoms with Gasteiger partial charge in [0.25, 0.3) is 5.56 Å². The number of aromatic nitrogens is 2. The van der Waals surface area contributed by atoms with Crippen LogP contribution in [-0.2, 0) is 17.4 Å². The highest BCUT2D eigenvalue weighted by molar-refractivity contribution is 6.34. The summed E-state index contributed by atoms with van der Waals surface area (Å²) >= 11 is 6.01. The fraction of sp³-hybridized carbons (Fsp3) is 0.333. The highest BCUT2D eigenvalue weighted by atomic mass is 35.5. The van der Waals surface area contributed by atoms with E-state index in [1.807, 2.05) is 0 Å². The van der Waals surface area contributed by atoms with Crippen LogP contribution < -0.4 is 10.3 Å². The molecule has 0 unspecified atom stereocenters. The van der Waals surface area contributed by atoms with Gasteiger partial charge in [0.15, 0.2) is 11.5 Å². The number of nitrogens with zero attached hydrogens (tertiary/aromatic N) is 3. The number of carbonyl (C=O) groups is 1. The van der Waals surface area contributed by atoms with Gasteiger partial charge in [0, 0.05) is 18.1 Å². The Labute approximate surface area is 177 Å². The first-order valence-corrected chi connectivity index (χ1v) is 8.89. The van der Waals surface area contributed by atoms with E-state index in [0.29, 0.717) is 16.3 Å². The van der Waals surface area contributed by atoms with Crippen LogP contribution in [0.25, 0.3) is 5.69 Å². The Morgan fingerprint density at radius 3 is 2.48 bits per heavy atom. The highest BCUT2D eigenvalue weighted by Crippen LogP contribution is 2.32. The summed E-state index contributed by atoms with van der Waals surface area (Å²) in [6.07, 6.45) is -5.21. The third kappa shape index (κ3) is 5.32. The number of carboxylic acid groups (broad SMARTS) is 1. The molecule has 0 aliphatic rings. The Hall–Kier alpha value is -3.15. The van der Waals surface area contributed by atoms with E-state index in [0.717, 1.165) is 7.11 Å². The van der Waals surface area contributed by atoms with Crippen molar-refractivity contribution < 1.29 is 37.0 Å². The number of alkyl halides is 3. The normalized spacial score (nSPS) is 11.2. The first-order valence-electron chi connectivity index (χ1n) is 8.51. The second kappa shape index (κ2) is 9.33. The molecule has 1 heterocycles. The molecule has 1 N–H and O–H groups in total. The number of hydrogen-bond donors (Lipinski definition) is 1. The van der Waals surface area contributed by atoms with Crippen LogP contribution in [0.15, 0.2) is 22.1 Å².